The highest BCUT2D eigenvalue weighted by Gasteiger charge is 2.31. The average molecular weight is 447 g/mol. The second kappa shape index (κ2) is 9.28. The number of aromatic nitrogens is 1. The predicted molar refractivity (Wildman–Crippen MR) is 110 cm³/mol. The summed E-state index contributed by atoms with van der Waals surface area (Å²) in [6.45, 7) is 1.89. The van der Waals surface area contributed by atoms with E-state index >= 15 is 0 Å². The summed E-state index contributed by atoms with van der Waals surface area (Å²) in [7, 11) is 0. The van der Waals surface area contributed by atoms with Crippen molar-refractivity contribution < 1.29 is 27.5 Å². The highest BCUT2D eigenvalue weighted by Crippen LogP contribution is 2.30. The number of nitrogens with zero attached hydrogens (tertiary/aromatic N) is 3. The Hall–Kier alpha value is -2.94. The van der Waals surface area contributed by atoms with Crippen LogP contribution in [-0.2, 0) is 26.9 Å². The fraction of sp³-hybridized carbons (Fsp3) is 0.435. The van der Waals surface area contributed by atoms with E-state index in [-0.39, 0.29) is 24.5 Å². The molecule has 2 saturated heterocycles. The summed E-state index contributed by atoms with van der Waals surface area (Å²) in [6.07, 6.45) is -1.52. The van der Waals surface area contributed by atoms with E-state index in [1.165, 1.54) is 6.07 Å². The van der Waals surface area contributed by atoms with Gasteiger partial charge in [-0.05, 0) is 36.1 Å². The van der Waals surface area contributed by atoms with Crippen molar-refractivity contribution in [2.45, 2.75) is 31.5 Å². The minimum Gasteiger partial charge on any atom is -0.368 e. The molecule has 1 aromatic heterocycles. The third-order valence-corrected chi connectivity index (χ3v) is 5.76. The van der Waals surface area contributed by atoms with E-state index < -0.39 is 11.7 Å². The Kier molecular flexibility index (Phi) is 6.45. The number of morpholine rings is 1. The number of carbonyl (C=O) groups excluding carboxylic acids is 2. The van der Waals surface area contributed by atoms with E-state index in [2.05, 4.69) is 4.98 Å². The van der Waals surface area contributed by atoms with E-state index in [0.717, 1.165) is 24.1 Å². The largest absolute Gasteiger partial charge is 0.416 e. The smallest absolute Gasteiger partial charge is 0.368 e. The maximum atomic E-state index is 12.9. The van der Waals surface area contributed by atoms with Gasteiger partial charge in [-0.1, -0.05) is 24.3 Å². The van der Waals surface area contributed by atoms with Crippen LogP contribution in [0.2, 0.25) is 0 Å². The van der Waals surface area contributed by atoms with Gasteiger partial charge in [-0.3, -0.25) is 14.6 Å². The molecule has 3 heterocycles. The predicted octanol–water partition coefficient (Wildman–Crippen LogP) is 3.21. The second-order valence-corrected chi connectivity index (χ2v) is 8.08. The molecular formula is C23H24F3N3O3. The van der Waals surface area contributed by atoms with E-state index in [9.17, 15) is 22.8 Å². The van der Waals surface area contributed by atoms with Gasteiger partial charge >= 0.3 is 6.18 Å². The van der Waals surface area contributed by atoms with Gasteiger partial charge in [0.2, 0.25) is 11.8 Å². The van der Waals surface area contributed by atoms with Crippen LogP contribution < -0.4 is 0 Å². The molecule has 0 radical (unpaired) electrons. The molecule has 0 bridgehead atoms. The lowest BCUT2D eigenvalue weighted by Gasteiger charge is -2.33. The van der Waals surface area contributed by atoms with Crippen molar-refractivity contribution in [1.82, 2.24) is 14.8 Å². The van der Waals surface area contributed by atoms with Crippen LogP contribution >= 0.6 is 0 Å². The van der Waals surface area contributed by atoms with Gasteiger partial charge in [0.1, 0.15) is 6.10 Å². The molecule has 2 fully saturated rings. The molecule has 1 unspecified atom stereocenters. The number of ether oxygens (including phenoxy) is 1. The standard InChI is InChI=1S/C23H24F3N3O3/c24-23(25,26)18-4-1-3-16(12-18)11-17-6-7-19(27-13-17)20-14-29(9-10-32-20)22(31)15-28-8-2-5-21(28)30/h1,3-4,6-7,12-13,20H,2,5,8-11,14-15H2. The lowest BCUT2D eigenvalue weighted by atomic mass is 10.0. The molecule has 0 spiro atoms. The average Bonchev–Trinajstić information content (AvgIpc) is 3.18. The molecule has 170 valence electrons. The van der Waals surface area contributed by atoms with E-state index in [1.807, 2.05) is 6.07 Å². The zero-order chi connectivity index (χ0) is 22.7. The summed E-state index contributed by atoms with van der Waals surface area (Å²) in [4.78, 5) is 32.1. The Morgan fingerprint density at radius 3 is 2.69 bits per heavy atom. The first kappa shape index (κ1) is 22.3. The summed E-state index contributed by atoms with van der Waals surface area (Å²) >= 11 is 0. The van der Waals surface area contributed by atoms with Gasteiger partial charge in [-0.25, -0.2) is 0 Å². The van der Waals surface area contributed by atoms with Gasteiger partial charge in [-0.15, -0.1) is 0 Å². The normalized spacial score (nSPS) is 19.5. The zero-order valence-electron chi connectivity index (χ0n) is 17.5. The van der Waals surface area contributed by atoms with Gasteiger partial charge in [0.15, 0.2) is 0 Å². The number of benzene rings is 1. The summed E-state index contributed by atoms with van der Waals surface area (Å²) < 4.78 is 44.5. The first-order chi connectivity index (χ1) is 15.3. The second-order valence-electron chi connectivity index (χ2n) is 8.08. The molecule has 32 heavy (non-hydrogen) atoms. The van der Waals surface area contributed by atoms with Crippen LogP contribution in [0, 0.1) is 0 Å². The number of amides is 2. The zero-order valence-corrected chi connectivity index (χ0v) is 17.5. The number of hydrogen-bond donors (Lipinski definition) is 0. The molecule has 1 aromatic carbocycles. The van der Waals surface area contributed by atoms with Crippen molar-refractivity contribution in [3.8, 4) is 0 Å². The van der Waals surface area contributed by atoms with Crippen LogP contribution in [0.3, 0.4) is 0 Å². The van der Waals surface area contributed by atoms with Crippen molar-refractivity contribution in [1.29, 1.82) is 0 Å². The molecule has 4 rings (SSSR count). The van der Waals surface area contributed by atoms with E-state index in [0.29, 0.717) is 50.3 Å². The van der Waals surface area contributed by atoms with Crippen LogP contribution in [-0.4, -0.2) is 59.4 Å². The Balaban J connectivity index is 1.37. The maximum absolute atomic E-state index is 12.9. The highest BCUT2D eigenvalue weighted by atomic mass is 19.4. The molecule has 1 atom stereocenters. The summed E-state index contributed by atoms with van der Waals surface area (Å²) in [5.74, 6) is -0.0871. The van der Waals surface area contributed by atoms with Crippen molar-refractivity contribution >= 4 is 11.8 Å². The third kappa shape index (κ3) is 5.27. The van der Waals surface area contributed by atoms with Gasteiger partial charge < -0.3 is 14.5 Å². The lowest BCUT2D eigenvalue weighted by molar-refractivity contribution is -0.143. The molecule has 6 nitrogen and oxygen atoms in total. The minimum atomic E-state index is -4.37. The molecule has 9 heteroatoms. The molecular weight excluding hydrogens is 423 g/mol. The van der Waals surface area contributed by atoms with Crippen LogP contribution in [0.1, 0.15) is 41.3 Å². The number of pyridine rings is 1. The number of alkyl halides is 3. The molecule has 2 aliphatic rings. The SMILES string of the molecule is O=C1CCCN1CC(=O)N1CCOC(c2ccc(Cc3cccc(C(F)(F)F)c3)cn2)C1. The van der Waals surface area contributed by atoms with Crippen molar-refractivity contribution in [3.63, 3.8) is 0 Å². The van der Waals surface area contributed by atoms with Crippen LogP contribution in [0.4, 0.5) is 13.2 Å². The Bertz CT molecular complexity index is 978. The number of halogens is 3. The van der Waals surface area contributed by atoms with Crippen molar-refractivity contribution in [3.05, 3.63) is 65.0 Å². The molecule has 0 N–H and O–H groups in total. The van der Waals surface area contributed by atoms with Gasteiger partial charge in [0.05, 0.1) is 31.0 Å². The Morgan fingerprint density at radius 2 is 2.00 bits per heavy atom. The number of likely N-dealkylation sites (tertiary alicyclic amines) is 1. The summed E-state index contributed by atoms with van der Waals surface area (Å²) in [6, 6.07) is 8.85. The maximum Gasteiger partial charge on any atom is 0.416 e. The number of rotatable bonds is 5. The van der Waals surface area contributed by atoms with E-state index in [1.54, 1.807) is 28.1 Å². The third-order valence-electron chi connectivity index (χ3n) is 5.76. The molecule has 0 saturated carbocycles. The fourth-order valence-corrected chi connectivity index (χ4v) is 4.01. The Morgan fingerprint density at radius 1 is 1.16 bits per heavy atom. The monoisotopic (exact) mass is 447 g/mol. The summed E-state index contributed by atoms with van der Waals surface area (Å²) in [5.41, 5.74) is 1.32. The van der Waals surface area contributed by atoms with Gasteiger partial charge in [0, 0.05) is 25.7 Å². The lowest BCUT2D eigenvalue weighted by Crippen LogP contribution is -2.47. The Labute approximate surface area is 184 Å². The number of carbonyl (C=O) groups is 2. The fourth-order valence-electron chi connectivity index (χ4n) is 4.01. The van der Waals surface area contributed by atoms with E-state index in [4.69, 9.17) is 4.74 Å². The molecule has 2 amide bonds. The van der Waals surface area contributed by atoms with Crippen LogP contribution in [0.25, 0.3) is 0 Å². The van der Waals surface area contributed by atoms with Gasteiger partial charge in [-0.2, -0.15) is 13.2 Å². The first-order valence-corrected chi connectivity index (χ1v) is 10.6. The first-order valence-electron chi connectivity index (χ1n) is 10.6. The number of hydrogen-bond acceptors (Lipinski definition) is 4. The molecule has 2 aliphatic heterocycles. The van der Waals surface area contributed by atoms with Crippen LogP contribution in [0.5, 0.6) is 0 Å². The van der Waals surface area contributed by atoms with Gasteiger partial charge in [0.25, 0.3) is 0 Å². The minimum absolute atomic E-state index is 0.0150. The molecule has 2 aromatic rings. The van der Waals surface area contributed by atoms with Crippen LogP contribution in [0.15, 0.2) is 42.6 Å². The van der Waals surface area contributed by atoms with Crippen molar-refractivity contribution in [2.75, 3.05) is 32.8 Å². The quantitative estimate of drug-likeness (QED) is 0.706. The van der Waals surface area contributed by atoms with Crippen molar-refractivity contribution in [2.24, 2.45) is 0 Å². The summed E-state index contributed by atoms with van der Waals surface area (Å²) in [5, 5.41) is 0. The highest BCUT2D eigenvalue weighted by molar-refractivity contribution is 5.86. The topological polar surface area (TPSA) is 62.7 Å². The molecule has 0 aliphatic carbocycles.